The van der Waals surface area contributed by atoms with E-state index in [9.17, 15) is 9.90 Å². The molecule has 4 aliphatic carbocycles. The molecule has 8 atom stereocenters. The molecule has 4 saturated carbocycles. The minimum atomic E-state index is -0.479. The van der Waals surface area contributed by atoms with Crippen molar-refractivity contribution in [3.8, 4) is 0 Å². The van der Waals surface area contributed by atoms with E-state index in [1.807, 2.05) is 36.0 Å². The number of benzene rings is 1. The van der Waals surface area contributed by atoms with Crippen molar-refractivity contribution in [2.75, 3.05) is 0 Å². The molecule has 2 aromatic rings. The van der Waals surface area contributed by atoms with E-state index >= 15 is 0 Å². The molecule has 1 heterocycles. The van der Waals surface area contributed by atoms with E-state index in [1.165, 1.54) is 32.1 Å². The minimum Gasteiger partial charge on any atom is -0.390 e. The van der Waals surface area contributed by atoms with Crippen LogP contribution in [0.1, 0.15) is 78.6 Å². The molecule has 1 aromatic heterocycles. The normalized spacial score (nSPS) is 43.9. The first-order valence-corrected chi connectivity index (χ1v) is 13.8. The van der Waals surface area contributed by atoms with Gasteiger partial charge in [0.05, 0.1) is 17.3 Å². The molecule has 4 fully saturated rings. The number of carbonyl (C=O) groups is 1. The number of rotatable bonds is 3. The van der Waals surface area contributed by atoms with Crippen molar-refractivity contribution in [3.05, 3.63) is 29.4 Å². The Balaban J connectivity index is 1.21. The molecule has 1 aromatic carbocycles. The van der Waals surface area contributed by atoms with Gasteiger partial charge < -0.3 is 5.11 Å². The van der Waals surface area contributed by atoms with Gasteiger partial charge in [-0.2, -0.15) is 5.10 Å². The van der Waals surface area contributed by atoms with Crippen LogP contribution in [0.3, 0.4) is 0 Å². The SMILES string of the molecule is CC12CC[C@H]3[C@@H](CC[C@H]4C[C@](C)(O)CC[C@@]43C)[C@@H]1CC[C@@H]2C(=O)Cn1ncc2cc(Cl)ccc21. The quantitative estimate of drug-likeness (QED) is 0.531. The van der Waals surface area contributed by atoms with Gasteiger partial charge in [-0.05, 0) is 117 Å². The Morgan fingerprint density at radius 3 is 2.68 bits per heavy atom. The van der Waals surface area contributed by atoms with Crippen LogP contribution in [0.15, 0.2) is 24.4 Å². The average Bonchev–Trinajstić information content (AvgIpc) is 3.34. The fourth-order valence-corrected chi connectivity index (χ4v) is 9.58. The molecule has 4 nitrogen and oxygen atoms in total. The van der Waals surface area contributed by atoms with Crippen molar-refractivity contribution >= 4 is 28.3 Å². The molecule has 0 aliphatic heterocycles. The molecule has 4 aliphatic rings. The Morgan fingerprint density at radius 2 is 1.85 bits per heavy atom. The van der Waals surface area contributed by atoms with E-state index < -0.39 is 5.60 Å². The second-order valence-corrected chi connectivity index (χ2v) is 13.4. The lowest BCUT2D eigenvalue weighted by Gasteiger charge is -2.61. The van der Waals surface area contributed by atoms with E-state index in [0.29, 0.717) is 34.6 Å². The summed E-state index contributed by atoms with van der Waals surface area (Å²) in [7, 11) is 0. The van der Waals surface area contributed by atoms with Crippen molar-refractivity contribution in [1.82, 2.24) is 9.78 Å². The van der Waals surface area contributed by atoms with Crippen LogP contribution in [-0.4, -0.2) is 26.3 Å². The predicted octanol–water partition coefficient (Wildman–Crippen LogP) is 6.67. The topological polar surface area (TPSA) is 55.1 Å². The maximum atomic E-state index is 13.7. The largest absolute Gasteiger partial charge is 0.390 e. The number of hydrogen-bond donors (Lipinski definition) is 1. The summed E-state index contributed by atoms with van der Waals surface area (Å²) in [5.74, 6) is 3.32. The van der Waals surface area contributed by atoms with E-state index in [0.717, 1.165) is 48.4 Å². The van der Waals surface area contributed by atoms with Crippen LogP contribution < -0.4 is 0 Å². The van der Waals surface area contributed by atoms with Crippen LogP contribution in [0.4, 0.5) is 0 Å². The lowest BCUT2D eigenvalue weighted by Crippen LogP contribution is -2.55. The first-order valence-electron chi connectivity index (χ1n) is 13.5. The first-order chi connectivity index (χ1) is 16.1. The molecule has 5 heteroatoms. The van der Waals surface area contributed by atoms with Crippen LogP contribution in [0.25, 0.3) is 10.9 Å². The highest BCUT2D eigenvalue weighted by molar-refractivity contribution is 6.31. The maximum absolute atomic E-state index is 13.7. The Morgan fingerprint density at radius 1 is 1.06 bits per heavy atom. The number of hydrogen-bond acceptors (Lipinski definition) is 3. The first kappa shape index (κ1) is 23.0. The summed E-state index contributed by atoms with van der Waals surface area (Å²) in [5, 5.41) is 17.0. The molecule has 6 rings (SSSR count). The Kier molecular flexibility index (Phi) is 5.29. The number of aliphatic hydroxyl groups is 1. The number of Topliss-reactive ketones (excluding diaryl/α,β-unsaturated/α-hetero) is 1. The van der Waals surface area contributed by atoms with Gasteiger partial charge in [0.1, 0.15) is 6.54 Å². The van der Waals surface area contributed by atoms with Crippen molar-refractivity contribution in [1.29, 1.82) is 0 Å². The van der Waals surface area contributed by atoms with Crippen LogP contribution >= 0.6 is 11.6 Å². The minimum absolute atomic E-state index is 0.119. The summed E-state index contributed by atoms with van der Waals surface area (Å²) >= 11 is 6.14. The number of halogens is 1. The van der Waals surface area contributed by atoms with Crippen molar-refractivity contribution < 1.29 is 9.90 Å². The number of nitrogens with zero attached hydrogens (tertiary/aromatic N) is 2. The number of fused-ring (bicyclic) bond motifs is 6. The Hall–Kier alpha value is -1.39. The molecule has 0 spiro atoms. The lowest BCUT2D eigenvalue weighted by atomic mass is 9.44. The molecule has 34 heavy (non-hydrogen) atoms. The lowest BCUT2D eigenvalue weighted by molar-refractivity contribution is -0.151. The Bertz CT molecular complexity index is 1120. The third kappa shape index (κ3) is 3.42. The average molecular weight is 483 g/mol. The van der Waals surface area contributed by atoms with Crippen molar-refractivity contribution in [2.24, 2.45) is 40.4 Å². The number of aromatic nitrogens is 2. The van der Waals surface area contributed by atoms with Gasteiger partial charge in [0.2, 0.25) is 0 Å². The van der Waals surface area contributed by atoms with Crippen LogP contribution in [-0.2, 0) is 11.3 Å². The van der Waals surface area contributed by atoms with Gasteiger partial charge in [-0.15, -0.1) is 0 Å². The van der Waals surface area contributed by atoms with Crippen LogP contribution in [0.2, 0.25) is 5.02 Å². The molecular formula is C29H39ClN2O2. The molecule has 0 radical (unpaired) electrons. The molecule has 0 amide bonds. The smallest absolute Gasteiger partial charge is 0.157 e. The predicted molar refractivity (Wildman–Crippen MR) is 136 cm³/mol. The highest BCUT2D eigenvalue weighted by Crippen LogP contribution is 2.68. The van der Waals surface area contributed by atoms with Crippen LogP contribution in [0, 0.1) is 40.4 Å². The van der Waals surface area contributed by atoms with Gasteiger partial charge in [0.25, 0.3) is 0 Å². The summed E-state index contributed by atoms with van der Waals surface area (Å²) in [4.78, 5) is 13.7. The molecular weight excluding hydrogens is 444 g/mol. The molecule has 0 saturated heterocycles. The fourth-order valence-electron chi connectivity index (χ4n) is 9.40. The number of carbonyl (C=O) groups excluding carboxylic acids is 1. The van der Waals surface area contributed by atoms with E-state index in [1.54, 1.807) is 0 Å². The van der Waals surface area contributed by atoms with Crippen LogP contribution in [0.5, 0.6) is 0 Å². The summed E-state index contributed by atoms with van der Waals surface area (Å²) in [6, 6.07) is 5.77. The van der Waals surface area contributed by atoms with Gasteiger partial charge in [-0.3, -0.25) is 9.48 Å². The summed E-state index contributed by atoms with van der Waals surface area (Å²) in [5.41, 5.74) is 0.991. The molecule has 1 unspecified atom stereocenters. The van der Waals surface area contributed by atoms with Crippen molar-refractivity contribution in [3.63, 3.8) is 0 Å². The standard InChI is InChI=1S/C29H39ClN2O2/c1-27(34)12-13-28(2)19(15-27)4-6-21-22-7-8-24(29(22,3)11-10-23(21)28)26(33)17-32-25-9-5-20(30)14-18(25)16-31-32/h5,9,14,16,19,21-24,34H,4,6-8,10-13,15,17H2,1-3H3/t19-,21-,22-,23-,24+,27+,28-,29?/m0/s1. The van der Waals surface area contributed by atoms with E-state index in [-0.39, 0.29) is 11.3 Å². The molecule has 0 bridgehead atoms. The molecule has 184 valence electrons. The third-order valence-corrected chi connectivity index (χ3v) is 11.5. The highest BCUT2D eigenvalue weighted by Gasteiger charge is 2.61. The van der Waals surface area contributed by atoms with Gasteiger partial charge in [0, 0.05) is 16.3 Å². The van der Waals surface area contributed by atoms with Crippen molar-refractivity contribution in [2.45, 2.75) is 90.7 Å². The summed E-state index contributed by atoms with van der Waals surface area (Å²) < 4.78 is 1.87. The maximum Gasteiger partial charge on any atom is 0.157 e. The van der Waals surface area contributed by atoms with E-state index in [4.69, 9.17) is 11.6 Å². The monoisotopic (exact) mass is 482 g/mol. The van der Waals surface area contributed by atoms with Gasteiger partial charge >= 0.3 is 0 Å². The second-order valence-electron chi connectivity index (χ2n) is 13.0. The number of ketones is 1. The third-order valence-electron chi connectivity index (χ3n) is 11.3. The summed E-state index contributed by atoms with van der Waals surface area (Å²) in [6.45, 7) is 7.38. The highest BCUT2D eigenvalue weighted by atomic mass is 35.5. The zero-order valence-corrected chi connectivity index (χ0v) is 21.7. The van der Waals surface area contributed by atoms with Gasteiger partial charge in [-0.25, -0.2) is 0 Å². The summed E-state index contributed by atoms with van der Waals surface area (Å²) in [6.07, 6.45) is 12.1. The van der Waals surface area contributed by atoms with Gasteiger partial charge in [-0.1, -0.05) is 25.4 Å². The second kappa shape index (κ2) is 7.80. The zero-order chi connectivity index (χ0) is 23.9. The zero-order valence-electron chi connectivity index (χ0n) is 20.9. The van der Waals surface area contributed by atoms with Gasteiger partial charge in [0.15, 0.2) is 5.78 Å². The Labute approximate surface area is 208 Å². The molecule has 1 N–H and O–H groups in total. The van der Waals surface area contributed by atoms with E-state index in [2.05, 4.69) is 18.9 Å². The fraction of sp³-hybridized carbons (Fsp3) is 0.724.